The van der Waals surface area contributed by atoms with Crippen LogP contribution in [-0.2, 0) is 6.61 Å². The normalized spacial score (nSPS) is 14.1. The molecule has 1 aliphatic rings. The molecule has 1 fully saturated rings. The van der Waals surface area contributed by atoms with Crippen molar-refractivity contribution in [2.75, 3.05) is 48.9 Å². The maximum Gasteiger partial charge on any atom is 0.259 e. The van der Waals surface area contributed by atoms with Crippen LogP contribution in [0, 0.1) is 11.6 Å². The molecule has 4 aromatic rings. The van der Waals surface area contributed by atoms with Crippen LogP contribution in [0.5, 0.6) is 5.75 Å². The quantitative estimate of drug-likeness (QED) is 0.277. The molecule has 11 heteroatoms. The number of anilines is 3. The van der Waals surface area contributed by atoms with Crippen LogP contribution in [0.2, 0.25) is 0 Å². The summed E-state index contributed by atoms with van der Waals surface area (Å²) in [6, 6.07) is 13.5. The molecule has 0 radical (unpaired) electrons. The van der Waals surface area contributed by atoms with Gasteiger partial charge in [-0.1, -0.05) is 0 Å². The highest BCUT2D eigenvalue weighted by molar-refractivity contribution is 6.11. The third-order valence-electron chi connectivity index (χ3n) is 6.33. The lowest BCUT2D eigenvalue weighted by molar-refractivity contribution is 0.102. The summed E-state index contributed by atoms with van der Waals surface area (Å²) in [6.45, 7) is 3.53. The van der Waals surface area contributed by atoms with Crippen molar-refractivity contribution in [3.05, 3.63) is 77.4 Å². The number of benzene rings is 3. The van der Waals surface area contributed by atoms with E-state index in [1.54, 1.807) is 30.3 Å². The van der Waals surface area contributed by atoms with Crippen LogP contribution in [0.3, 0.4) is 0 Å². The second-order valence-corrected chi connectivity index (χ2v) is 8.93. The summed E-state index contributed by atoms with van der Waals surface area (Å²) in [5, 5.41) is 20.1. The van der Waals surface area contributed by atoms with E-state index in [0.29, 0.717) is 22.2 Å². The van der Waals surface area contributed by atoms with Gasteiger partial charge in [0.15, 0.2) is 5.82 Å². The predicted octanol–water partition coefficient (Wildman–Crippen LogP) is 4.23. The first-order chi connectivity index (χ1) is 17.9. The van der Waals surface area contributed by atoms with E-state index < -0.39 is 17.5 Å². The summed E-state index contributed by atoms with van der Waals surface area (Å²) in [5.41, 5.74) is 4.57. The van der Waals surface area contributed by atoms with Crippen molar-refractivity contribution in [1.82, 2.24) is 15.1 Å². The number of fused-ring (bicyclic) bond motifs is 1. The fraction of sp³-hybridized carbons (Fsp3) is 0.231. The molecule has 1 amide bonds. The zero-order valence-corrected chi connectivity index (χ0v) is 20.1. The standard InChI is InChI=1S/C26H26F2N6O3/c1-33-6-8-34(9-7-33)19-2-4-21(24(13-19)32-36)26(35)29-25-22-14-20(3-5-23(22)30-31-25)37-15-16-10-17(27)12-18(28)11-16/h2-5,10-14,32,36H,6-9,15H2,1H3,(H2,29,30,31,35). The molecule has 0 atom stereocenters. The number of H-pyrrole nitrogens is 1. The number of halogens is 2. The topological polar surface area (TPSA) is 106 Å². The minimum absolute atomic E-state index is 0.0368. The molecule has 0 unspecified atom stereocenters. The van der Waals surface area contributed by atoms with E-state index in [1.807, 2.05) is 6.07 Å². The summed E-state index contributed by atoms with van der Waals surface area (Å²) >= 11 is 0. The van der Waals surface area contributed by atoms with Gasteiger partial charge in [-0.2, -0.15) is 5.10 Å². The number of hydrogen-bond donors (Lipinski definition) is 4. The number of nitrogens with zero attached hydrogens (tertiary/aromatic N) is 3. The first kappa shape index (κ1) is 24.5. The fourth-order valence-electron chi connectivity index (χ4n) is 4.30. The predicted molar refractivity (Wildman–Crippen MR) is 136 cm³/mol. The van der Waals surface area contributed by atoms with E-state index in [4.69, 9.17) is 4.74 Å². The molecule has 37 heavy (non-hydrogen) atoms. The van der Waals surface area contributed by atoms with Crippen molar-refractivity contribution < 1.29 is 23.5 Å². The number of ether oxygens (including phenoxy) is 1. The molecule has 3 aromatic carbocycles. The lowest BCUT2D eigenvalue weighted by atomic mass is 10.1. The van der Waals surface area contributed by atoms with Crippen molar-refractivity contribution in [1.29, 1.82) is 0 Å². The molecule has 0 bridgehead atoms. The molecular weight excluding hydrogens is 482 g/mol. The van der Waals surface area contributed by atoms with Crippen LogP contribution in [0.4, 0.5) is 26.0 Å². The smallest absolute Gasteiger partial charge is 0.259 e. The van der Waals surface area contributed by atoms with Gasteiger partial charge in [0, 0.05) is 43.3 Å². The fourth-order valence-corrected chi connectivity index (χ4v) is 4.30. The zero-order chi connectivity index (χ0) is 25.9. The second-order valence-electron chi connectivity index (χ2n) is 8.93. The van der Waals surface area contributed by atoms with E-state index in [0.717, 1.165) is 37.9 Å². The summed E-state index contributed by atoms with van der Waals surface area (Å²) < 4.78 is 32.6. The van der Waals surface area contributed by atoms with E-state index in [1.165, 1.54) is 12.1 Å². The van der Waals surface area contributed by atoms with Gasteiger partial charge < -0.3 is 19.9 Å². The first-order valence-corrected chi connectivity index (χ1v) is 11.7. The minimum atomic E-state index is -0.679. The van der Waals surface area contributed by atoms with Gasteiger partial charge >= 0.3 is 0 Å². The minimum Gasteiger partial charge on any atom is -0.489 e. The van der Waals surface area contributed by atoms with Crippen molar-refractivity contribution in [3.63, 3.8) is 0 Å². The molecule has 0 saturated carbocycles. The van der Waals surface area contributed by atoms with Gasteiger partial charge in [0.05, 0.1) is 16.8 Å². The van der Waals surface area contributed by atoms with Crippen molar-refractivity contribution in [2.24, 2.45) is 0 Å². The third kappa shape index (κ3) is 5.47. The molecule has 1 saturated heterocycles. The summed E-state index contributed by atoms with van der Waals surface area (Å²) in [7, 11) is 2.07. The van der Waals surface area contributed by atoms with Gasteiger partial charge in [-0.05, 0) is 61.1 Å². The number of hydrogen-bond acceptors (Lipinski definition) is 7. The highest BCUT2D eigenvalue weighted by Gasteiger charge is 2.19. The number of carbonyl (C=O) groups is 1. The Morgan fingerprint density at radius 3 is 2.54 bits per heavy atom. The van der Waals surface area contributed by atoms with Gasteiger partial charge in [0.2, 0.25) is 0 Å². The largest absolute Gasteiger partial charge is 0.489 e. The van der Waals surface area contributed by atoms with Crippen molar-refractivity contribution >= 4 is 34.0 Å². The summed E-state index contributed by atoms with van der Waals surface area (Å²) in [5.74, 6) is -1.11. The average Bonchev–Trinajstić information content (AvgIpc) is 3.28. The monoisotopic (exact) mass is 508 g/mol. The third-order valence-corrected chi connectivity index (χ3v) is 6.33. The Morgan fingerprint density at radius 1 is 1.05 bits per heavy atom. The molecule has 1 aliphatic heterocycles. The molecule has 2 heterocycles. The van der Waals surface area contributed by atoms with Crippen LogP contribution in [-0.4, -0.2) is 59.4 Å². The van der Waals surface area contributed by atoms with E-state index >= 15 is 0 Å². The number of carbonyl (C=O) groups excluding carboxylic acids is 1. The number of aromatic nitrogens is 2. The molecule has 192 valence electrons. The van der Waals surface area contributed by atoms with Gasteiger partial charge in [0.25, 0.3) is 5.91 Å². The van der Waals surface area contributed by atoms with Gasteiger partial charge in [0.1, 0.15) is 24.0 Å². The maximum atomic E-state index is 13.4. The van der Waals surface area contributed by atoms with Crippen molar-refractivity contribution in [3.8, 4) is 5.75 Å². The van der Waals surface area contributed by atoms with Crippen LogP contribution in [0.25, 0.3) is 10.9 Å². The number of rotatable bonds is 7. The number of aromatic amines is 1. The number of piperazine rings is 1. The number of amides is 1. The average molecular weight is 509 g/mol. The summed E-state index contributed by atoms with van der Waals surface area (Å²) in [4.78, 5) is 17.5. The Balaban J connectivity index is 1.32. The van der Waals surface area contributed by atoms with Gasteiger partial charge in [-0.3, -0.25) is 20.6 Å². The number of likely N-dealkylation sites (N-methyl/N-ethyl adjacent to an activating group) is 1. The Kier molecular flexibility index (Phi) is 6.89. The van der Waals surface area contributed by atoms with Crippen LogP contribution in [0.1, 0.15) is 15.9 Å². The van der Waals surface area contributed by atoms with Gasteiger partial charge in [-0.15, -0.1) is 0 Å². The Hall–Kier alpha value is -4.22. The second kappa shape index (κ2) is 10.4. The molecule has 0 aliphatic carbocycles. The molecule has 9 nitrogen and oxygen atoms in total. The maximum absolute atomic E-state index is 13.4. The van der Waals surface area contributed by atoms with Crippen molar-refractivity contribution in [2.45, 2.75) is 6.61 Å². The molecule has 4 N–H and O–H groups in total. The highest BCUT2D eigenvalue weighted by atomic mass is 19.1. The van der Waals surface area contributed by atoms with E-state index in [9.17, 15) is 18.8 Å². The molecule has 1 aromatic heterocycles. The summed E-state index contributed by atoms with van der Waals surface area (Å²) in [6.07, 6.45) is 0. The molecule has 5 rings (SSSR count). The lowest BCUT2D eigenvalue weighted by Crippen LogP contribution is -2.44. The Morgan fingerprint density at radius 2 is 1.81 bits per heavy atom. The van der Waals surface area contributed by atoms with Gasteiger partial charge in [-0.25, -0.2) is 8.78 Å². The number of nitrogens with one attached hydrogen (secondary N) is 3. The molecular formula is C26H26F2N6O3. The zero-order valence-electron chi connectivity index (χ0n) is 20.1. The SMILES string of the molecule is CN1CCN(c2ccc(C(=O)Nc3n[nH]c4ccc(OCc5cc(F)cc(F)c5)cc34)c(NO)c2)CC1. The Bertz CT molecular complexity index is 1420. The van der Waals surface area contributed by atoms with Crippen LogP contribution < -0.4 is 20.4 Å². The van der Waals surface area contributed by atoms with E-state index in [-0.39, 0.29) is 23.7 Å². The first-order valence-electron chi connectivity index (χ1n) is 11.7. The lowest BCUT2D eigenvalue weighted by Gasteiger charge is -2.34. The highest BCUT2D eigenvalue weighted by Crippen LogP contribution is 2.29. The van der Waals surface area contributed by atoms with Crippen LogP contribution >= 0.6 is 0 Å². The Labute approximate surface area is 211 Å². The molecule has 0 spiro atoms. The van der Waals surface area contributed by atoms with Crippen LogP contribution in [0.15, 0.2) is 54.6 Å². The van der Waals surface area contributed by atoms with E-state index in [2.05, 4.69) is 37.8 Å².